The summed E-state index contributed by atoms with van der Waals surface area (Å²) in [5, 5.41) is 0. The van der Waals surface area contributed by atoms with Gasteiger partial charge in [-0.15, -0.1) is 11.3 Å². The smallest absolute Gasteiger partial charge is 0.0794 e. The van der Waals surface area contributed by atoms with E-state index in [9.17, 15) is 0 Å². The van der Waals surface area contributed by atoms with Crippen molar-refractivity contribution in [3.63, 3.8) is 0 Å². The molecule has 90 valence electrons. The topological polar surface area (TPSA) is 51.4 Å². The summed E-state index contributed by atoms with van der Waals surface area (Å²) in [7, 11) is 1.71. The van der Waals surface area contributed by atoms with Crippen molar-refractivity contribution in [2.24, 2.45) is 5.73 Å². The van der Waals surface area contributed by atoms with Crippen molar-refractivity contribution in [2.45, 2.75) is 13.0 Å². The van der Waals surface area contributed by atoms with Gasteiger partial charge in [-0.25, -0.2) is 0 Å². The third-order valence-corrected chi connectivity index (χ3v) is 3.12. The van der Waals surface area contributed by atoms with Crippen molar-refractivity contribution in [3.8, 4) is 0 Å². The molecule has 0 aliphatic heterocycles. The third kappa shape index (κ3) is 5.50. The summed E-state index contributed by atoms with van der Waals surface area (Å²) in [4.78, 5) is 8.15. The molecular weight excluding hydrogens is 242 g/mol. The van der Waals surface area contributed by atoms with E-state index in [1.807, 2.05) is 11.7 Å². The number of hydrogen-bond donors (Lipinski definition) is 1. The van der Waals surface area contributed by atoms with E-state index >= 15 is 0 Å². The largest absolute Gasteiger partial charge is 0.393 e. The minimum atomic E-state index is 0.562. The molecule has 0 radical (unpaired) electrons. The van der Waals surface area contributed by atoms with Gasteiger partial charge in [0.1, 0.15) is 0 Å². The monoisotopic (exact) mass is 259 g/mol. The summed E-state index contributed by atoms with van der Waals surface area (Å²) in [5.41, 5.74) is 7.35. The van der Waals surface area contributed by atoms with Gasteiger partial charge < -0.3 is 10.5 Å². The van der Waals surface area contributed by atoms with Gasteiger partial charge in [0.2, 0.25) is 0 Å². The summed E-state index contributed by atoms with van der Waals surface area (Å²) >= 11 is 6.55. The van der Waals surface area contributed by atoms with Crippen LogP contribution in [0.4, 0.5) is 0 Å². The van der Waals surface area contributed by atoms with Crippen LogP contribution in [-0.4, -0.2) is 41.7 Å². The van der Waals surface area contributed by atoms with Crippen molar-refractivity contribution in [1.82, 2.24) is 9.88 Å². The van der Waals surface area contributed by atoms with Gasteiger partial charge in [-0.1, -0.05) is 12.2 Å². The van der Waals surface area contributed by atoms with Gasteiger partial charge in [0, 0.05) is 44.2 Å². The van der Waals surface area contributed by atoms with Crippen molar-refractivity contribution < 1.29 is 4.74 Å². The van der Waals surface area contributed by atoms with Crippen molar-refractivity contribution in [1.29, 1.82) is 0 Å². The van der Waals surface area contributed by atoms with Crippen LogP contribution < -0.4 is 5.73 Å². The zero-order valence-electron chi connectivity index (χ0n) is 9.39. The maximum atomic E-state index is 5.51. The van der Waals surface area contributed by atoms with Crippen molar-refractivity contribution in [3.05, 3.63) is 16.6 Å². The highest BCUT2D eigenvalue weighted by Gasteiger charge is 2.07. The second-order valence-electron chi connectivity index (χ2n) is 3.45. The lowest BCUT2D eigenvalue weighted by molar-refractivity contribution is 0.146. The molecule has 2 N–H and O–H groups in total. The molecule has 16 heavy (non-hydrogen) atoms. The fourth-order valence-electron chi connectivity index (χ4n) is 1.30. The van der Waals surface area contributed by atoms with Crippen molar-refractivity contribution >= 4 is 28.5 Å². The Morgan fingerprint density at radius 1 is 1.62 bits per heavy atom. The van der Waals surface area contributed by atoms with Crippen LogP contribution in [0.5, 0.6) is 0 Å². The number of nitrogens with two attached hydrogens (primary N) is 1. The van der Waals surface area contributed by atoms with Gasteiger partial charge in [-0.2, -0.15) is 0 Å². The molecule has 0 aliphatic carbocycles. The molecule has 1 aromatic heterocycles. The predicted molar refractivity (Wildman–Crippen MR) is 70.7 cm³/mol. The van der Waals surface area contributed by atoms with E-state index in [0.717, 1.165) is 32.7 Å². The van der Waals surface area contributed by atoms with Gasteiger partial charge in [-0.3, -0.25) is 9.88 Å². The number of aromatic nitrogens is 1. The molecule has 6 heteroatoms. The third-order valence-electron chi connectivity index (χ3n) is 2.15. The summed E-state index contributed by atoms with van der Waals surface area (Å²) in [6.45, 7) is 3.36. The molecular formula is C10H17N3OS2. The molecule has 0 bridgehead atoms. The van der Waals surface area contributed by atoms with Gasteiger partial charge in [0.25, 0.3) is 0 Å². The Bertz CT molecular complexity index is 303. The van der Waals surface area contributed by atoms with Gasteiger partial charge in [0.05, 0.1) is 17.1 Å². The molecule has 1 rings (SSSR count). The van der Waals surface area contributed by atoms with E-state index < -0.39 is 0 Å². The fourth-order valence-corrected chi connectivity index (χ4v) is 2.03. The van der Waals surface area contributed by atoms with Crippen LogP contribution >= 0.6 is 23.6 Å². The number of methoxy groups -OCH3 is 1. The number of rotatable bonds is 8. The molecule has 0 saturated heterocycles. The molecule has 0 fully saturated rings. The molecule has 0 atom stereocenters. The number of thiocarbonyl (C=S) groups is 1. The Morgan fingerprint density at radius 3 is 3.00 bits per heavy atom. The maximum absolute atomic E-state index is 5.51. The van der Waals surface area contributed by atoms with Crippen LogP contribution in [-0.2, 0) is 11.3 Å². The molecule has 1 aromatic rings. The lowest BCUT2D eigenvalue weighted by Gasteiger charge is -2.20. The first-order valence-electron chi connectivity index (χ1n) is 5.09. The molecule has 0 aliphatic rings. The van der Waals surface area contributed by atoms with Crippen LogP contribution in [0.25, 0.3) is 0 Å². The number of nitrogens with zero attached hydrogens (tertiary/aromatic N) is 2. The molecule has 0 saturated carbocycles. The van der Waals surface area contributed by atoms with Gasteiger partial charge in [0.15, 0.2) is 0 Å². The number of hydrogen-bond acceptors (Lipinski definition) is 5. The normalized spacial score (nSPS) is 10.9. The molecule has 4 nitrogen and oxygen atoms in total. The molecule has 0 amide bonds. The molecule has 0 spiro atoms. The second-order valence-corrected chi connectivity index (χ2v) is 4.95. The Morgan fingerprint density at radius 2 is 2.44 bits per heavy atom. The molecule has 0 aromatic carbocycles. The van der Waals surface area contributed by atoms with Crippen LogP contribution in [0.2, 0.25) is 0 Å². The highest BCUT2D eigenvalue weighted by molar-refractivity contribution is 7.80. The summed E-state index contributed by atoms with van der Waals surface area (Å²) in [5.74, 6) is 0. The van der Waals surface area contributed by atoms with Crippen molar-refractivity contribution in [2.75, 3.05) is 26.8 Å². The van der Waals surface area contributed by atoms with E-state index in [1.54, 1.807) is 18.4 Å². The lowest BCUT2D eigenvalue weighted by Crippen LogP contribution is -2.30. The average Bonchev–Trinajstić information content (AvgIpc) is 2.74. The zero-order chi connectivity index (χ0) is 11.8. The minimum absolute atomic E-state index is 0.562. The van der Waals surface area contributed by atoms with E-state index in [0.29, 0.717) is 4.99 Å². The average molecular weight is 259 g/mol. The van der Waals surface area contributed by atoms with Crippen LogP contribution in [0.1, 0.15) is 11.3 Å². The number of thiazole rings is 1. The van der Waals surface area contributed by atoms with E-state index in [2.05, 4.69) is 9.88 Å². The lowest BCUT2D eigenvalue weighted by atomic mass is 10.3. The Hall–Kier alpha value is -0.560. The first kappa shape index (κ1) is 13.5. The minimum Gasteiger partial charge on any atom is -0.393 e. The molecule has 0 unspecified atom stereocenters. The summed E-state index contributed by atoms with van der Waals surface area (Å²) in [6, 6.07) is 0. The molecule has 1 heterocycles. The van der Waals surface area contributed by atoms with Gasteiger partial charge >= 0.3 is 0 Å². The van der Waals surface area contributed by atoms with E-state index in [1.165, 1.54) is 4.88 Å². The van der Waals surface area contributed by atoms with Crippen LogP contribution in [0, 0.1) is 0 Å². The van der Waals surface area contributed by atoms with Crippen LogP contribution in [0.3, 0.4) is 0 Å². The summed E-state index contributed by atoms with van der Waals surface area (Å²) < 4.78 is 5.08. The highest BCUT2D eigenvalue weighted by atomic mass is 32.1. The standard InChI is InChI=1S/C10H17N3OS2/c1-14-5-4-13(3-2-10(11)15)7-9-6-12-8-16-9/h6,8H,2-5,7H2,1H3,(H2,11,15). The van der Waals surface area contributed by atoms with E-state index in [4.69, 9.17) is 22.7 Å². The number of ether oxygens (including phenoxy) is 1. The second kappa shape index (κ2) is 7.67. The maximum Gasteiger partial charge on any atom is 0.0794 e. The highest BCUT2D eigenvalue weighted by Crippen LogP contribution is 2.09. The Balaban J connectivity index is 2.39. The Labute approximate surface area is 105 Å². The predicted octanol–water partition coefficient (Wildman–Crippen LogP) is 1.27. The summed E-state index contributed by atoms with van der Waals surface area (Å²) in [6.07, 6.45) is 2.64. The van der Waals surface area contributed by atoms with Gasteiger partial charge in [-0.05, 0) is 0 Å². The quantitative estimate of drug-likeness (QED) is 0.713. The fraction of sp³-hybridized carbons (Fsp3) is 0.600. The zero-order valence-corrected chi connectivity index (χ0v) is 11.0. The first-order chi connectivity index (χ1) is 7.72. The first-order valence-corrected chi connectivity index (χ1v) is 6.38. The SMILES string of the molecule is COCCN(CCC(N)=S)Cc1cncs1. The van der Waals surface area contributed by atoms with E-state index in [-0.39, 0.29) is 0 Å². The van der Waals surface area contributed by atoms with Crippen LogP contribution in [0.15, 0.2) is 11.7 Å². The Kier molecular flexibility index (Phi) is 6.47.